The van der Waals surface area contributed by atoms with Gasteiger partial charge in [-0.3, -0.25) is 74.6 Å². The number of carbonyl (C=O) groups excluding carboxylic acids is 6. The Morgan fingerprint density at radius 1 is 0.541 bits per heavy atom. The molecule has 0 bridgehead atoms. The molecule has 526 valence electrons. The zero-order chi connectivity index (χ0) is 69.5. The molecule has 0 aliphatic carbocycles. The van der Waals surface area contributed by atoms with Crippen molar-refractivity contribution >= 4 is 89.6 Å². The van der Waals surface area contributed by atoms with Crippen molar-refractivity contribution < 1.29 is 78.7 Å². The predicted octanol–water partition coefficient (Wildman–Crippen LogP) is 2.61. The van der Waals surface area contributed by atoms with Gasteiger partial charge in [0, 0.05) is 81.9 Å². The number of unbranched alkanes of at least 4 members (excludes halogenated alkanes) is 1. The fourth-order valence-electron chi connectivity index (χ4n) is 9.91. The van der Waals surface area contributed by atoms with Crippen LogP contribution < -0.4 is 77.3 Å². The number of methoxy groups -OCH3 is 2. The molecule has 2 saturated heterocycles. The smallest absolute Gasteiger partial charge is 0.327 e. The second kappa shape index (κ2) is 38.3. The molecule has 2 aliphatic rings. The summed E-state index contributed by atoms with van der Waals surface area (Å²) in [6, 6.07) is 31.3. The molecular formula is C65H84N15O16S2+. The van der Waals surface area contributed by atoms with Crippen molar-refractivity contribution in [3.8, 4) is 11.5 Å². The van der Waals surface area contributed by atoms with Crippen molar-refractivity contribution in [2.24, 2.45) is 0 Å². The number of benzene rings is 5. The summed E-state index contributed by atoms with van der Waals surface area (Å²) >= 11 is 0. The van der Waals surface area contributed by atoms with E-state index in [-0.39, 0.29) is 88.0 Å². The highest BCUT2D eigenvalue weighted by molar-refractivity contribution is 7.93. The molecule has 8 rings (SSSR count). The summed E-state index contributed by atoms with van der Waals surface area (Å²) in [4.78, 5) is 85.8. The summed E-state index contributed by atoms with van der Waals surface area (Å²) in [5.74, 6) is -3.76. The van der Waals surface area contributed by atoms with E-state index >= 15 is 0 Å². The first-order valence-corrected chi connectivity index (χ1v) is 34.6. The van der Waals surface area contributed by atoms with Crippen molar-refractivity contribution in [3.63, 3.8) is 0 Å². The largest absolute Gasteiger partial charge is 0.494 e. The number of nitrogens with zero attached hydrogens (tertiary/aromatic N) is 3. The van der Waals surface area contributed by atoms with Gasteiger partial charge in [-0.1, -0.05) is 36.4 Å². The van der Waals surface area contributed by atoms with Crippen LogP contribution in [0.5, 0.6) is 11.5 Å². The highest BCUT2D eigenvalue weighted by atomic mass is 32.2. The van der Waals surface area contributed by atoms with Crippen LogP contribution in [0.2, 0.25) is 0 Å². The standard InChI is InChI=1S/C65H83N15O16S2/c1-91-58-41-52(18-20-56(58)72-74-64(85)62(83)67-23-9-27-78-29-33-93-34-30-78)76-97(87,88)54-16-6-14-50(39-54)69-45-95-46-80-26-8-13-49(43-80)61(82)66-22-3-4-25-70-96-44-48-12-5-11-47(37-48)38-60(81)71-51-15-7-17-55(40-51)98(89,90)77-53-19-21-57(59(42-53)92-2)73-75-65(86)63(84)68-24-10-28-79-31-35-94-36-32-79/h5-8,11-21,26,37,39-43,69-70H,3-4,9-10,22-25,27-36,38,44-46H2,1-2H3,(H9-,66,67,68,71,72,73,74,75,76,77,81,82,83,84,85,86)/p+1. The first-order chi connectivity index (χ1) is 47.4. The third-order valence-corrected chi connectivity index (χ3v) is 17.8. The number of hydroxylamine groups is 1. The van der Waals surface area contributed by atoms with Crippen LogP contribution in [-0.4, -0.2) is 175 Å². The molecule has 6 aromatic rings. The van der Waals surface area contributed by atoms with Gasteiger partial charge in [-0.2, -0.15) is 4.57 Å². The van der Waals surface area contributed by atoms with E-state index in [1.54, 1.807) is 59.4 Å². The van der Waals surface area contributed by atoms with E-state index in [2.05, 4.69) is 73.0 Å². The Balaban J connectivity index is 0.674. The number of morpholine rings is 2. The van der Waals surface area contributed by atoms with Gasteiger partial charge in [0.2, 0.25) is 5.91 Å². The Labute approximate surface area is 568 Å². The van der Waals surface area contributed by atoms with Gasteiger partial charge in [0.25, 0.3) is 32.7 Å². The van der Waals surface area contributed by atoms with E-state index in [0.717, 1.165) is 44.8 Å². The monoisotopic (exact) mass is 1390 g/mol. The Morgan fingerprint density at radius 2 is 1.07 bits per heavy atom. The first-order valence-electron chi connectivity index (χ1n) is 31.7. The number of sulfonamides is 2. The summed E-state index contributed by atoms with van der Waals surface area (Å²) in [5.41, 5.74) is 16.4. The maximum Gasteiger partial charge on any atom is 0.327 e. The lowest BCUT2D eigenvalue weighted by atomic mass is 10.1. The Kier molecular flexibility index (Phi) is 28.9. The van der Waals surface area contributed by atoms with Crippen molar-refractivity contribution in [3.05, 3.63) is 150 Å². The van der Waals surface area contributed by atoms with Gasteiger partial charge in [0.15, 0.2) is 12.4 Å². The first kappa shape index (κ1) is 74.1. The van der Waals surface area contributed by atoms with Crippen LogP contribution in [0.4, 0.5) is 34.1 Å². The van der Waals surface area contributed by atoms with Crippen LogP contribution in [-0.2, 0) is 82.8 Å². The molecule has 31 nitrogen and oxygen atoms in total. The second-order valence-corrected chi connectivity index (χ2v) is 25.7. The number of ether oxygens (including phenoxy) is 5. The summed E-state index contributed by atoms with van der Waals surface area (Å²) in [5, 5.41) is 13.9. The van der Waals surface area contributed by atoms with E-state index in [4.69, 9.17) is 28.5 Å². The van der Waals surface area contributed by atoms with Gasteiger partial charge in [-0.25, -0.2) is 22.3 Å². The van der Waals surface area contributed by atoms with Gasteiger partial charge >= 0.3 is 23.6 Å². The second-order valence-electron chi connectivity index (χ2n) is 22.3. The van der Waals surface area contributed by atoms with Gasteiger partial charge < -0.3 is 50.3 Å². The van der Waals surface area contributed by atoms with Crippen LogP contribution in [0, 0.1) is 0 Å². The van der Waals surface area contributed by atoms with Gasteiger partial charge in [-0.05, 0) is 117 Å². The molecule has 33 heteroatoms. The quantitative estimate of drug-likeness (QED) is 0.00877. The molecular weight excluding hydrogens is 1310 g/mol. The molecule has 98 heavy (non-hydrogen) atoms. The fraction of sp³-hybridized carbons (Fsp3) is 0.369. The topological polar surface area (TPSA) is 381 Å². The van der Waals surface area contributed by atoms with E-state index < -0.39 is 43.7 Å². The number of carbonyl (C=O) groups is 6. The molecule has 2 aliphatic heterocycles. The van der Waals surface area contributed by atoms with E-state index in [9.17, 15) is 45.6 Å². The Bertz CT molecular complexity index is 3900. The molecule has 0 spiro atoms. The number of aromatic nitrogens is 1. The Hall–Kier alpha value is -9.71. The van der Waals surface area contributed by atoms with Crippen LogP contribution in [0.15, 0.2) is 144 Å². The van der Waals surface area contributed by atoms with Crippen molar-refractivity contribution in [2.45, 2.75) is 55.2 Å². The lowest BCUT2D eigenvalue weighted by molar-refractivity contribution is -0.732. The fourth-order valence-corrected chi connectivity index (χ4v) is 12.1. The number of amides is 6. The lowest BCUT2D eigenvalue weighted by Gasteiger charge is -2.26. The average Bonchev–Trinajstić information content (AvgIpc) is 0.829. The zero-order valence-corrected chi connectivity index (χ0v) is 56.1. The molecule has 1 aromatic heterocycles. The molecule has 0 unspecified atom stereocenters. The summed E-state index contributed by atoms with van der Waals surface area (Å²) < 4.78 is 88.0. The minimum Gasteiger partial charge on any atom is -0.494 e. The van der Waals surface area contributed by atoms with Crippen LogP contribution >= 0.6 is 0 Å². The number of anilines is 6. The van der Waals surface area contributed by atoms with Crippen molar-refractivity contribution in [1.82, 2.24) is 42.1 Å². The lowest BCUT2D eigenvalue weighted by Crippen LogP contribution is -2.43. The van der Waals surface area contributed by atoms with Gasteiger partial charge in [0.05, 0.1) is 86.2 Å². The number of nitrogens with one attached hydrogen (secondary N) is 12. The van der Waals surface area contributed by atoms with Gasteiger partial charge in [-0.15, -0.1) is 0 Å². The van der Waals surface area contributed by atoms with Crippen molar-refractivity contribution in [2.75, 3.05) is 144 Å². The number of hydrazine groups is 2. The number of hydrogen-bond acceptors (Lipinski definition) is 22. The van der Waals surface area contributed by atoms with Crippen LogP contribution in [0.25, 0.3) is 0 Å². The summed E-state index contributed by atoms with van der Waals surface area (Å²) in [6.07, 6.45) is 6.07. The number of rotatable bonds is 37. The third-order valence-electron chi connectivity index (χ3n) is 15.0. The normalized spacial score (nSPS) is 13.4. The highest BCUT2D eigenvalue weighted by Gasteiger charge is 2.22. The molecule has 12 N–H and O–H groups in total. The molecule has 2 fully saturated rings. The molecule has 0 atom stereocenters. The minimum atomic E-state index is -4.16. The molecule has 0 saturated carbocycles. The molecule has 0 radical (unpaired) electrons. The number of pyridine rings is 1. The molecule has 3 heterocycles. The van der Waals surface area contributed by atoms with Crippen LogP contribution in [0.3, 0.4) is 0 Å². The van der Waals surface area contributed by atoms with E-state index in [1.807, 2.05) is 12.1 Å². The zero-order valence-electron chi connectivity index (χ0n) is 54.4. The minimum absolute atomic E-state index is 0.00358. The maximum atomic E-state index is 13.5. The maximum absolute atomic E-state index is 13.5. The highest BCUT2D eigenvalue weighted by Crippen LogP contribution is 2.31. The van der Waals surface area contributed by atoms with Gasteiger partial charge in [0.1, 0.15) is 23.8 Å². The molecule has 5 aromatic carbocycles. The average molecular weight is 1400 g/mol. The summed E-state index contributed by atoms with van der Waals surface area (Å²) in [6.45, 7) is 9.38. The Morgan fingerprint density at radius 3 is 1.65 bits per heavy atom. The summed E-state index contributed by atoms with van der Waals surface area (Å²) in [7, 11) is -5.52. The predicted molar refractivity (Wildman–Crippen MR) is 363 cm³/mol. The number of hydrogen-bond donors (Lipinski definition) is 12. The third kappa shape index (κ3) is 24.4. The molecule has 6 amide bonds. The van der Waals surface area contributed by atoms with E-state index in [1.165, 1.54) is 80.9 Å². The van der Waals surface area contributed by atoms with Crippen LogP contribution in [0.1, 0.15) is 47.2 Å². The van der Waals surface area contributed by atoms with E-state index in [0.29, 0.717) is 95.1 Å². The SMILES string of the molecule is COc1cc(NS(=O)(=O)c2cccc(NCOC[n+]3cccc(C(=O)NCCCCNOCc4cccc(CC(=O)Nc5cccc(S(=O)(=O)Nc6ccc(NNC(=O)C(=O)NCCCN7CCOCC7)c(OC)c6)c5)c4)c3)c2)ccc1NNC(=O)C(=O)NCCCN1CCOCC1. The van der Waals surface area contributed by atoms with Crippen molar-refractivity contribution in [1.29, 1.82) is 0 Å².